The van der Waals surface area contributed by atoms with Gasteiger partial charge in [0.25, 0.3) is 5.91 Å². The van der Waals surface area contributed by atoms with Crippen molar-refractivity contribution in [2.75, 3.05) is 17.5 Å². The Kier molecular flexibility index (Phi) is 4.88. The van der Waals surface area contributed by atoms with Gasteiger partial charge in [0, 0.05) is 24.3 Å². The van der Waals surface area contributed by atoms with Gasteiger partial charge in [-0.15, -0.1) is 0 Å². The fourth-order valence-corrected chi connectivity index (χ4v) is 3.23. The first-order valence-electron chi connectivity index (χ1n) is 7.30. The van der Waals surface area contributed by atoms with Crippen LogP contribution < -0.4 is 4.72 Å². The largest absolute Gasteiger partial charge is 0.339 e. The zero-order valence-electron chi connectivity index (χ0n) is 12.5. The van der Waals surface area contributed by atoms with Crippen molar-refractivity contribution in [3.05, 3.63) is 29.8 Å². The second-order valence-electron chi connectivity index (χ2n) is 5.44. The molecule has 0 unspecified atom stereocenters. The average molecular weight is 310 g/mol. The number of sulfonamides is 1. The maximum absolute atomic E-state index is 12.4. The zero-order chi connectivity index (χ0) is 15.5. The van der Waals surface area contributed by atoms with Crippen LogP contribution in [0.4, 0.5) is 5.69 Å². The zero-order valence-corrected chi connectivity index (χ0v) is 13.3. The van der Waals surface area contributed by atoms with Crippen LogP contribution in [-0.4, -0.2) is 38.1 Å². The van der Waals surface area contributed by atoms with Crippen molar-refractivity contribution in [1.29, 1.82) is 0 Å². The number of carbonyl (C=O) groups excluding carboxylic acids is 1. The molecule has 6 heteroatoms. The van der Waals surface area contributed by atoms with Gasteiger partial charge in [0.1, 0.15) is 0 Å². The summed E-state index contributed by atoms with van der Waals surface area (Å²) in [5, 5.41) is 0. The van der Waals surface area contributed by atoms with Crippen molar-refractivity contribution in [2.45, 2.75) is 38.6 Å². The van der Waals surface area contributed by atoms with E-state index in [0.717, 1.165) is 12.8 Å². The molecule has 0 spiro atoms. The van der Waals surface area contributed by atoms with E-state index >= 15 is 0 Å². The van der Waals surface area contributed by atoms with Crippen LogP contribution in [0, 0.1) is 0 Å². The van der Waals surface area contributed by atoms with Crippen LogP contribution in [0.15, 0.2) is 24.3 Å². The van der Waals surface area contributed by atoms with E-state index in [1.165, 1.54) is 12.8 Å². The summed E-state index contributed by atoms with van der Waals surface area (Å²) in [4.78, 5) is 14.2. The average Bonchev–Trinajstić information content (AvgIpc) is 3.00. The Morgan fingerprint density at radius 1 is 1.24 bits per heavy atom. The fraction of sp³-hybridized carbons (Fsp3) is 0.533. The molecule has 0 bridgehead atoms. The van der Waals surface area contributed by atoms with Crippen molar-refractivity contribution in [1.82, 2.24) is 4.90 Å². The van der Waals surface area contributed by atoms with Gasteiger partial charge in [0.05, 0.1) is 5.75 Å². The molecule has 1 aromatic carbocycles. The molecule has 0 aromatic heterocycles. The highest BCUT2D eigenvalue weighted by Crippen LogP contribution is 2.24. The fourth-order valence-electron chi connectivity index (χ4n) is 2.59. The lowest BCUT2D eigenvalue weighted by molar-refractivity contribution is 0.0735. The third-order valence-electron chi connectivity index (χ3n) is 3.98. The van der Waals surface area contributed by atoms with Crippen molar-refractivity contribution in [3.8, 4) is 0 Å². The minimum atomic E-state index is -3.28. The summed E-state index contributed by atoms with van der Waals surface area (Å²) in [6.07, 6.45) is 4.49. The molecule has 0 atom stereocenters. The van der Waals surface area contributed by atoms with Crippen LogP contribution in [0.3, 0.4) is 0 Å². The van der Waals surface area contributed by atoms with Crippen LogP contribution in [0.5, 0.6) is 0 Å². The summed E-state index contributed by atoms with van der Waals surface area (Å²) in [6.45, 7) is 1.58. The number of anilines is 1. The van der Waals surface area contributed by atoms with E-state index in [-0.39, 0.29) is 11.7 Å². The Labute approximate surface area is 126 Å². The third-order valence-corrected chi connectivity index (χ3v) is 5.28. The molecule has 0 heterocycles. The van der Waals surface area contributed by atoms with Crippen LogP contribution in [-0.2, 0) is 10.0 Å². The number of hydrogen-bond donors (Lipinski definition) is 1. The molecule has 21 heavy (non-hydrogen) atoms. The predicted octanol–water partition coefficient (Wildman–Crippen LogP) is 2.46. The van der Waals surface area contributed by atoms with Gasteiger partial charge in [-0.25, -0.2) is 8.42 Å². The lowest BCUT2D eigenvalue weighted by atomic mass is 10.1. The number of nitrogens with zero attached hydrogens (tertiary/aromatic N) is 1. The molecule has 5 nitrogen and oxygen atoms in total. The number of amides is 1. The third kappa shape index (κ3) is 3.97. The molecular formula is C15H22N2O3S. The molecule has 0 radical (unpaired) electrons. The van der Waals surface area contributed by atoms with E-state index in [1.807, 2.05) is 7.05 Å². The summed E-state index contributed by atoms with van der Waals surface area (Å²) < 4.78 is 25.4. The summed E-state index contributed by atoms with van der Waals surface area (Å²) in [5.74, 6) is 0.0183. The number of nitrogens with one attached hydrogen (secondary N) is 1. The van der Waals surface area contributed by atoms with Gasteiger partial charge in [0.15, 0.2) is 0 Å². The molecule has 116 valence electrons. The van der Waals surface area contributed by atoms with E-state index < -0.39 is 10.0 Å². The van der Waals surface area contributed by atoms with Crippen LogP contribution in [0.25, 0.3) is 0 Å². The van der Waals surface area contributed by atoms with E-state index in [9.17, 15) is 13.2 Å². The first-order chi connectivity index (χ1) is 9.93. The van der Waals surface area contributed by atoms with Gasteiger partial charge in [0.2, 0.25) is 10.0 Å². The standard InChI is InChI=1S/C15H22N2O3S/c1-3-21(19,20)16-13-10-8-12(9-11-13)15(18)17(2)14-6-4-5-7-14/h8-11,14,16H,3-7H2,1-2H3. The number of benzene rings is 1. The Morgan fingerprint density at radius 3 is 2.33 bits per heavy atom. The Bertz CT molecular complexity index is 590. The quantitative estimate of drug-likeness (QED) is 0.908. The summed E-state index contributed by atoms with van der Waals surface area (Å²) in [7, 11) is -1.44. The normalized spacial score (nSPS) is 15.9. The highest BCUT2D eigenvalue weighted by Gasteiger charge is 2.24. The molecule has 1 fully saturated rings. The molecule has 1 saturated carbocycles. The van der Waals surface area contributed by atoms with E-state index in [4.69, 9.17) is 0 Å². The minimum absolute atomic E-state index is 0.00759. The van der Waals surface area contributed by atoms with Gasteiger partial charge in [-0.2, -0.15) is 0 Å². The molecule has 1 aromatic rings. The highest BCUT2D eigenvalue weighted by molar-refractivity contribution is 7.92. The molecule has 0 aliphatic heterocycles. The van der Waals surface area contributed by atoms with Crippen LogP contribution in [0.2, 0.25) is 0 Å². The van der Waals surface area contributed by atoms with E-state index in [0.29, 0.717) is 17.3 Å². The van der Waals surface area contributed by atoms with Gasteiger partial charge in [-0.1, -0.05) is 12.8 Å². The van der Waals surface area contributed by atoms with Gasteiger partial charge in [-0.05, 0) is 44.0 Å². The van der Waals surface area contributed by atoms with Crippen molar-refractivity contribution in [2.24, 2.45) is 0 Å². The van der Waals surface area contributed by atoms with Gasteiger partial charge >= 0.3 is 0 Å². The lowest BCUT2D eigenvalue weighted by Crippen LogP contribution is -2.35. The summed E-state index contributed by atoms with van der Waals surface area (Å²) in [6, 6.07) is 6.92. The van der Waals surface area contributed by atoms with Crippen molar-refractivity contribution in [3.63, 3.8) is 0 Å². The monoisotopic (exact) mass is 310 g/mol. The van der Waals surface area contributed by atoms with E-state index in [1.54, 1.807) is 36.1 Å². The molecule has 1 aliphatic rings. The smallest absolute Gasteiger partial charge is 0.253 e. The number of rotatable bonds is 5. The molecular weight excluding hydrogens is 288 g/mol. The SMILES string of the molecule is CCS(=O)(=O)Nc1ccc(C(=O)N(C)C2CCCC2)cc1. The predicted molar refractivity (Wildman–Crippen MR) is 83.9 cm³/mol. The summed E-state index contributed by atoms with van der Waals surface area (Å²) in [5.41, 5.74) is 1.07. The van der Waals surface area contributed by atoms with Gasteiger partial charge in [-0.3, -0.25) is 9.52 Å². The second-order valence-corrected chi connectivity index (χ2v) is 7.45. The van der Waals surface area contributed by atoms with Crippen LogP contribution in [0.1, 0.15) is 43.0 Å². The first-order valence-corrected chi connectivity index (χ1v) is 8.96. The Hall–Kier alpha value is -1.56. The Morgan fingerprint density at radius 2 is 1.81 bits per heavy atom. The number of carbonyl (C=O) groups is 1. The summed E-state index contributed by atoms with van der Waals surface area (Å²) >= 11 is 0. The van der Waals surface area contributed by atoms with Crippen LogP contribution >= 0.6 is 0 Å². The van der Waals surface area contributed by atoms with Gasteiger partial charge < -0.3 is 4.90 Å². The first kappa shape index (κ1) is 15.8. The molecule has 1 amide bonds. The topological polar surface area (TPSA) is 66.5 Å². The van der Waals surface area contributed by atoms with E-state index in [2.05, 4.69) is 4.72 Å². The molecule has 2 rings (SSSR count). The maximum Gasteiger partial charge on any atom is 0.253 e. The molecule has 1 N–H and O–H groups in total. The highest BCUT2D eigenvalue weighted by atomic mass is 32.2. The lowest BCUT2D eigenvalue weighted by Gasteiger charge is -2.24. The Balaban J connectivity index is 2.06. The minimum Gasteiger partial charge on any atom is -0.339 e. The maximum atomic E-state index is 12.4. The second kappa shape index (κ2) is 6.47. The van der Waals surface area contributed by atoms with Crippen molar-refractivity contribution < 1.29 is 13.2 Å². The molecule has 0 saturated heterocycles. The van der Waals surface area contributed by atoms with Crippen molar-refractivity contribution >= 4 is 21.6 Å². The molecule has 1 aliphatic carbocycles. The number of hydrogen-bond acceptors (Lipinski definition) is 3.